The number of aromatic carboxylic acids is 1. The number of carboxylic acids is 1. The second-order valence-corrected chi connectivity index (χ2v) is 6.18. The summed E-state index contributed by atoms with van der Waals surface area (Å²) < 4.78 is 31.3. The van der Waals surface area contributed by atoms with Crippen LogP contribution in [0, 0.1) is 6.92 Å². The number of hydrogen-bond acceptors (Lipinski definition) is 5. The molecule has 1 aliphatic rings. The van der Waals surface area contributed by atoms with Crippen LogP contribution in [0.5, 0.6) is 0 Å². The number of nitrogens with zero attached hydrogens (tertiary/aromatic N) is 2. The standard InChI is InChI=1S/C10H15N3O5S/c1-6-5-18-4-3-13(6)19(16,17)9-8(10(14)15)7(2)11-12-9/h6H,3-5H2,1-2H3,(H,11,12)(H,14,15). The van der Waals surface area contributed by atoms with E-state index >= 15 is 0 Å². The van der Waals surface area contributed by atoms with Gasteiger partial charge in [0.25, 0.3) is 10.0 Å². The van der Waals surface area contributed by atoms with Crippen LogP contribution in [0.4, 0.5) is 0 Å². The number of aryl methyl sites for hydroxylation is 1. The first kappa shape index (κ1) is 14.0. The lowest BCUT2D eigenvalue weighted by Crippen LogP contribution is -2.47. The highest BCUT2D eigenvalue weighted by molar-refractivity contribution is 7.89. The van der Waals surface area contributed by atoms with E-state index in [-0.39, 0.29) is 37.1 Å². The molecule has 0 spiro atoms. The highest BCUT2D eigenvalue weighted by Gasteiger charge is 2.37. The summed E-state index contributed by atoms with van der Waals surface area (Å²) >= 11 is 0. The fourth-order valence-electron chi connectivity index (χ4n) is 2.03. The molecule has 1 fully saturated rings. The van der Waals surface area contributed by atoms with Crippen molar-refractivity contribution in [1.29, 1.82) is 0 Å². The number of nitrogens with one attached hydrogen (secondary N) is 1. The molecule has 1 unspecified atom stereocenters. The largest absolute Gasteiger partial charge is 0.478 e. The summed E-state index contributed by atoms with van der Waals surface area (Å²) in [7, 11) is -3.94. The Kier molecular flexibility index (Phi) is 3.61. The van der Waals surface area contributed by atoms with Gasteiger partial charge in [0.05, 0.1) is 13.2 Å². The maximum atomic E-state index is 12.5. The Morgan fingerprint density at radius 3 is 2.84 bits per heavy atom. The predicted molar refractivity (Wildman–Crippen MR) is 64.5 cm³/mol. The van der Waals surface area contributed by atoms with E-state index < -0.39 is 21.0 Å². The molecule has 2 N–H and O–H groups in total. The van der Waals surface area contributed by atoms with E-state index in [0.29, 0.717) is 0 Å². The third-order valence-electron chi connectivity index (χ3n) is 2.99. The fourth-order valence-corrected chi connectivity index (χ4v) is 3.76. The molecule has 1 atom stereocenters. The molecule has 19 heavy (non-hydrogen) atoms. The molecule has 0 aliphatic carbocycles. The van der Waals surface area contributed by atoms with Gasteiger partial charge in [-0.3, -0.25) is 5.10 Å². The molecule has 0 radical (unpaired) electrons. The zero-order valence-corrected chi connectivity index (χ0v) is 11.4. The minimum atomic E-state index is -3.94. The molecule has 0 aromatic carbocycles. The molecule has 9 heteroatoms. The highest BCUT2D eigenvalue weighted by Crippen LogP contribution is 2.23. The molecule has 8 nitrogen and oxygen atoms in total. The van der Waals surface area contributed by atoms with Gasteiger partial charge in [0, 0.05) is 18.3 Å². The molecule has 2 heterocycles. The molecule has 1 aromatic heterocycles. The van der Waals surface area contributed by atoms with Crippen molar-refractivity contribution < 1.29 is 23.1 Å². The summed E-state index contributed by atoms with van der Waals surface area (Å²) in [5, 5.41) is 14.7. The van der Waals surface area contributed by atoms with Gasteiger partial charge in [-0.15, -0.1) is 0 Å². The zero-order valence-electron chi connectivity index (χ0n) is 10.6. The van der Waals surface area contributed by atoms with Gasteiger partial charge in [-0.2, -0.15) is 9.40 Å². The van der Waals surface area contributed by atoms with Gasteiger partial charge in [0.2, 0.25) is 5.03 Å². The maximum absolute atomic E-state index is 12.5. The number of rotatable bonds is 3. The van der Waals surface area contributed by atoms with Gasteiger partial charge in [0.1, 0.15) is 5.56 Å². The quantitative estimate of drug-likeness (QED) is 0.798. The Balaban J connectivity index is 2.48. The van der Waals surface area contributed by atoms with Gasteiger partial charge in [-0.1, -0.05) is 0 Å². The van der Waals surface area contributed by atoms with Crippen LogP contribution in [0.15, 0.2) is 5.03 Å². The molecular formula is C10H15N3O5S. The first-order valence-electron chi connectivity index (χ1n) is 5.73. The van der Waals surface area contributed by atoms with Gasteiger partial charge in [-0.25, -0.2) is 13.2 Å². The topological polar surface area (TPSA) is 113 Å². The van der Waals surface area contributed by atoms with Crippen LogP contribution in [0.2, 0.25) is 0 Å². The number of aromatic amines is 1. The van der Waals surface area contributed by atoms with Crippen molar-refractivity contribution in [3.05, 3.63) is 11.3 Å². The Hall–Kier alpha value is -1.45. The van der Waals surface area contributed by atoms with Crippen molar-refractivity contribution >= 4 is 16.0 Å². The Morgan fingerprint density at radius 1 is 1.58 bits per heavy atom. The number of aromatic nitrogens is 2. The summed E-state index contributed by atoms with van der Waals surface area (Å²) in [5.41, 5.74) is -0.0920. The van der Waals surface area contributed by atoms with Crippen molar-refractivity contribution in [2.24, 2.45) is 0 Å². The fraction of sp³-hybridized carbons (Fsp3) is 0.600. The van der Waals surface area contributed by atoms with Crippen LogP contribution in [0.25, 0.3) is 0 Å². The van der Waals surface area contributed by atoms with E-state index in [2.05, 4.69) is 10.2 Å². The van der Waals surface area contributed by atoms with Crippen LogP contribution < -0.4 is 0 Å². The molecular weight excluding hydrogens is 274 g/mol. The third-order valence-corrected chi connectivity index (χ3v) is 4.93. The van der Waals surface area contributed by atoms with Crippen molar-refractivity contribution in [3.63, 3.8) is 0 Å². The van der Waals surface area contributed by atoms with Crippen LogP contribution in [0.3, 0.4) is 0 Å². The van der Waals surface area contributed by atoms with E-state index in [1.165, 1.54) is 11.2 Å². The van der Waals surface area contributed by atoms with Crippen molar-refractivity contribution in [1.82, 2.24) is 14.5 Å². The van der Waals surface area contributed by atoms with E-state index in [0.717, 1.165) is 0 Å². The number of carboxylic acid groups (broad SMARTS) is 1. The van der Waals surface area contributed by atoms with E-state index in [4.69, 9.17) is 9.84 Å². The van der Waals surface area contributed by atoms with Gasteiger partial charge in [-0.05, 0) is 13.8 Å². The minimum absolute atomic E-state index is 0.189. The number of ether oxygens (including phenoxy) is 1. The zero-order chi connectivity index (χ0) is 14.2. The molecule has 2 rings (SSSR count). The molecule has 0 saturated carbocycles. The Morgan fingerprint density at radius 2 is 2.26 bits per heavy atom. The van der Waals surface area contributed by atoms with Crippen LogP contribution in [-0.2, 0) is 14.8 Å². The lowest BCUT2D eigenvalue weighted by molar-refractivity contribution is 0.0391. The monoisotopic (exact) mass is 289 g/mol. The number of hydrogen-bond donors (Lipinski definition) is 2. The first-order chi connectivity index (χ1) is 8.85. The number of morpholine rings is 1. The van der Waals surface area contributed by atoms with Crippen LogP contribution in [0.1, 0.15) is 23.0 Å². The summed E-state index contributed by atoms with van der Waals surface area (Å²) in [6.45, 7) is 3.93. The minimum Gasteiger partial charge on any atom is -0.478 e. The van der Waals surface area contributed by atoms with Gasteiger partial charge < -0.3 is 9.84 Å². The molecule has 106 valence electrons. The SMILES string of the molecule is Cc1[nH]nc(S(=O)(=O)N2CCOCC2C)c1C(=O)O. The third kappa shape index (κ3) is 2.36. The first-order valence-corrected chi connectivity index (χ1v) is 7.17. The van der Waals surface area contributed by atoms with Crippen molar-refractivity contribution in [2.75, 3.05) is 19.8 Å². The predicted octanol–water partition coefficient (Wildman–Crippen LogP) is -0.174. The molecule has 1 saturated heterocycles. The second-order valence-electron chi connectivity index (χ2n) is 4.37. The maximum Gasteiger partial charge on any atom is 0.340 e. The highest BCUT2D eigenvalue weighted by atomic mass is 32.2. The number of carbonyl (C=O) groups is 1. The summed E-state index contributed by atoms with van der Waals surface area (Å²) in [4.78, 5) is 11.1. The molecule has 1 aromatic rings. The van der Waals surface area contributed by atoms with E-state index in [1.807, 2.05) is 0 Å². The molecule has 1 aliphatic heterocycles. The lowest BCUT2D eigenvalue weighted by atomic mass is 10.3. The van der Waals surface area contributed by atoms with E-state index in [1.54, 1.807) is 6.92 Å². The Bertz CT molecular complexity index is 594. The lowest BCUT2D eigenvalue weighted by Gasteiger charge is -2.31. The van der Waals surface area contributed by atoms with Crippen molar-refractivity contribution in [2.45, 2.75) is 24.9 Å². The average Bonchev–Trinajstić information content (AvgIpc) is 2.72. The normalized spacial score (nSPS) is 21.5. The molecule has 0 amide bonds. The van der Waals surface area contributed by atoms with Crippen LogP contribution in [-0.4, -0.2) is 59.8 Å². The average molecular weight is 289 g/mol. The molecule has 0 bridgehead atoms. The van der Waals surface area contributed by atoms with Gasteiger partial charge >= 0.3 is 5.97 Å². The summed E-state index contributed by atoms with van der Waals surface area (Å²) in [6, 6.07) is -0.350. The van der Waals surface area contributed by atoms with Gasteiger partial charge in [0.15, 0.2) is 0 Å². The smallest absolute Gasteiger partial charge is 0.340 e. The summed E-state index contributed by atoms with van der Waals surface area (Å²) in [5.74, 6) is -1.31. The van der Waals surface area contributed by atoms with E-state index in [9.17, 15) is 13.2 Å². The number of sulfonamides is 1. The number of H-pyrrole nitrogens is 1. The summed E-state index contributed by atoms with van der Waals surface area (Å²) in [6.07, 6.45) is 0. The van der Waals surface area contributed by atoms with Crippen LogP contribution >= 0.6 is 0 Å². The Labute approximate surface area is 110 Å². The van der Waals surface area contributed by atoms with Crippen molar-refractivity contribution in [3.8, 4) is 0 Å². The second kappa shape index (κ2) is 4.91.